The van der Waals surface area contributed by atoms with Crippen LogP contribution in [0.3, 0.4) is 0 Å². The van der Waals surface area contributed by atoms with E-state index in [0.29, 0.717) is 0 Å². The number of benzene rings is 7. The SMILES string of the molecule is CC1(C)c2ccccc2-c2ccc(-c3cc(Nc4ccc(-c5ccccc5)cc4)ccc3Nc3ccc(-c4ccccc4)cc3)cc21. The highest BCUT2D eigenvalue weighted by Crippen LogP contribution is 2.50. The Balaban J connectivity index is 1.15. The van der Waals surface area contributed by atoms with E-state index in [-0.39, 0.29) is 5.41 Å². The predicted molar refractivity (Wildman–Crippen MR) is 200 cm³/mol. The molecule has 0 saturated carbocycles. The van der Waals surface area contributed by atoms with Crippen molar-refractivity contribution in [1.82, 2.24) is 0 Å². The van der Waals surface area contributed by atoms with Crippen molar-refractivity contribution < 1.29 is 0 Å². The first-order chi connectivity index (χ1) is 23.0. The molecule has 1 aliphatic carbocycles. The summed E-state index contributed by atoms with van der Waals surface area (Å²) >= 11 is 0. The summed E-state index contributed by atoms with van der Waals surface area (Å²) in [6.07, 6.45) is 0. The number of nitrogens with one attached hydrogen (secondary N) is 2. The van der Waals surface area contributed by atoms with Gasteiger partial charge in [0.05, 0.1) is 0 Å². The van der Waals surface area contributed by atoms with E-state index in [0.717, 1.165) is 28.3 Å². The molecule has 7 aromatic carbocycles. The van der Waals surface area contributed by atoms with Crippen molar-refractivity contribution in [1.29, 1.82) is 0 Å². The van der Waals surface area contributed by atoms with Gasteiger partial charge in [0.15, 0.2) is 0 Å². The molecule has 8 rings (SSSR count). The van der Waals surface area contributed by atoms with Gasteiger partial charge in [0.2, 0.25) is 0 Å². The second-order valence-electron chi connectivity index (χ2n) is 12.8. The minimum absolute atomic E-state index is 0.0703. The highest BCUT2D eigenvalue weighted by atomic mass is 14.9. The zero-order valence-corrected chi connectivity index (χ0v) is 26.7. The van der Waals surface area contributed by atoms with Gasteiger partial charge in [-0.15, -0.1) is 0 Å². The Hall–Kier alpha value is -5.86. The van der Waals surface area contributed by atoms with E-state index in [4.69, 9.17) is 0 Å². The van der Waals surface area contributed by atoms with Crippen LogP contribution in [0.4, 0.5) is 22.7 Å². The van der Waals surface area contributed by atoms with Gasteiger partial charge in [-0.2, -0.15) is 0 Å². The highest BCUT2D eigenvalue weighted by Gasteiger charge is 2.35. The molecule has 47 heavy (non-hydrogen) atoms. The van der Waals surface area contributed by atoms with Crippen LogP contribution in [0.25, 0.3) is 44.5 Å². The highest BCUT2D eigenvalue weighted by molar-refractivity contribution is 5.89. The number of rotatable bonds is 7. The van der Waals surface area contributed by atoms with Gasteiger partial charge in [-0.05, 0) is 98.6 Å². The number of hydrogen-bond acceptors (Lipinski definition) is 2. The van der Waals surface area contributed by atoms with E-state index in [9.17, 15) is 0 Å². The maximum Gasteiger partial charge on any atom is 0.0465 e. The normalized spacial score (nSPS) is 12.6. The lowest BCUT2D eigenvalue weighted by atomic mass is 9.81. The first kappa shape index (κ1) is 28.6. The van der Waals surface area contributed by atoms with Gasteiger partial charge in [-0.1, -0.05) is 135 Å². The number of anilines is 4. The summed E-state index contributed by atoms with van der Waals surface area (Å²) < 4.78 is 0. The fourth-order valence-electron chi connectivity index (χ4n) is 6.92. The summed E-state index contributed by atoms with van der Waals surface area (Å²) in [7, 11) is 0. The largest absolute Gasteiger partial charge is 0.356 e. The Labute approximate surface area is 277 Å². The molecular formula is C45H36N2. The average molecular weight is 605 g/mol. The lowest BCUT2D eigenvalue weighted by Gasteiger charge is -2.22. The van der Waals surface area contributed by atoms with Crippen molar-refractivity contribution in [3.8, 4) is 44.5 Å². The van der Waals surface area contributed by atoms with Crippen LogP contribution in [-0.2, 0) is 5.41 Å². The molecule has 7 aromatic rings. The Bertz CT molecular complexity index is 2180. The minimum atomic E-state index is -0.0703. The predicted octanol–water partition coefficient (Wildman–Crippen LogP) is 12.5. The van der Waals surface area contributed by atoms with E-state index in [1.54, 1.807) is 0 Å². The quantitative estimate of drug-likeness (QED) is 0.189. The Morgan fingerprint density at radius 3 is 1.47 bits per heavy atom. The van der Waals surface area contributed by atoms with Gasteiger partial charge < -0.3 is 10.6 Å². The smallest absolute Gasteiger partial charge is 0.0465 e. The molecule has 2 nitrogen and oxygen atoms in total. The molecule has 0 unspecified atom stereocenters. The minimum Gasteiger partial charge on any atom is -0.356 e. The third-order valence-corrected chi connectivity index (χ3v) is 9.47. The molecule has 0 bridgehead atoms. The molecule has 0 saturated heterocycles. The van der Waals surface area contributed by atoms with Crippen LogP contribution in [0.1, 0.15) is 25.0 Å². The van der Waals surface area contributed by atoms with Crippen molar-refractivity contribution in [3.63, 3.8) is 0 Å². The molecule has 2 N–H and O–H groups in total. The van der Waals surface area contributed by atoms with Gasteiger partial charge in [0, 0.05) is 33.7 Å². The molecule has 0 aliphatic heterocycles. The lowest BCUT2D eigenvalue weighted by molar-refractivity contribution is 0.660. The molecule has 0 radical (unpaired) electrons. The van der Waals surface area contributed by atoms with Gasteiger partial charge in [-0.25, -0.2) is 0 Å². The maximum atomic E-state index is 3.74. The average Bonchev–Trinajstić information content (AvgIpc) is 3.36. The number of fused-ring (bicyclic) bond motifs is 3. The Kier molecular flexibility index (Phi) is 7.19. The van der Waals surface area contributed by atoms with E-state index in [2.05, 4.69) is 194 Å². The van der Waals surface area contributed by atoms with Gasteiger partial charge >= 0.3 is 0 Å². The first-order valence-corrected chi connectivity index (χ1v) is 16.3. The van der Waals surface area contributed by atoms with Gasteiger partial charge in [0.25, 0.3) is 0 Å². The van der Waals surface area contributed by atoms with Crippen LogP contribution in [0, 0.1) is 0 Å². The van der Waals surface area contributed by atoms with E-state index >= 15 is 0 Å². The molecule has 0 atom stereocenters. The monoisotopic (exact) mass is 604 g/mol. The fourth-order valence-corrected chi connectivity index (χ4v) is 6.92. The summed E-state index contributed by atoms with van der Waals surface area (Å²) in [6, 6.07) is 60.8. The van der Waals surface area contributed by atoms with Crippen molar-refractivity contribution in [3.05, 3.63) is 181 Å². The summed E-state index contributed by atoms with van der Waals surface area (Å²) in [5, 5.41) is 7.41. The third kappa shape index (κ3) is 5.49. The van der Waals surface area contributed by atoms with Crippen molar-refractivity contribution in [2.75, 3.05) is 10.6 Å². The molecular weight excluding hydrogens is 569 g/mol. The number of hydrogen-bond donors (Lipinski definition) is 2. The third-order valence-electron chi connectivity index (χ3n) is 9.47. The molecule has 0 amide bonds. The molecule has 1 aliphatic rings. The molecule has 0 fully saturated rings. The zero-order valence-electron chi connectivity index (χ0n) is 26.7. The van der Waals surface area contributed by atoms with Crippen LogP contribution < -0.4 is 10.6 Å². The molecule has 226 valence electrons. The van der Waals surface area contributed by atoms with E-state index in [1.165, 1.54) is 50.1 Å². The van der Waals surface area contributed by atoms with E-state index < -0.39 is 0 Å². The molecule has 0 heterocycles. The first-order valence-electron chi connectivity index (χ1n) is 16.3. The Morgan fingerprint density at radius 1 is 0.340 bits per heavy atom. The maximum absolute atomic E-state index is 3.74. The summed E-state index contributed by atoms with van der Waals surface area (Å²) in [6.45, 7) is 4.68. The van der Waals surface area contributed by atoms with Crippen LogP contribution in [0.2, 0.25) is 0 Å². The zero-order chi connectivity index (χ0) is 31.8. The van der Waals surface area contributed by atoms with Crippen LogP contribution >= 0.6 is 0 Å². The molecule has 0 aromatic heterocycles. The Morgan fingerprint density at radius 2 is 0.830 bits per heavy atom. The molecule has 0 spiro atoms. The van der Waals surface area contributed by atoms with Crippen LogP contribution in [0.15, 0.2) is 170 Å². The van der Waals surface area contributed by atoms with Crippen LogP contribution in [0.5, 0.6) is 0 Å². The molecule has 2 heteroatoms. The second kappa shape index (κ2) is 11.8. The topological polar surface area (TPSA) is 24.1 Å². The lowest BCUT2D eigenvalue weighted by Crippen LogP contribution is -2.14. The second-order valence-corrected chi connectivity index (χ2v) is 12.8. The van der Waals surface area contributed by atoms with Gasteiger partial charge in [-0.3, -0.25) is 0 Å². The van der Waals surface area contributed by atoms with Crippen molar-refractivity contribution >= 4 is 22.7 Å². The van der Waals surface area contributed by atoms with Crippen LogP contribution in [-0.4, -0.2) is 0 Å². The summed E-state index contributed by atoms with van der Waals surface area (Å²) in [5.74, 6) is 0. The summed E-state index contributed by atoms with van der Waals surface area (Å²) in [5.41, 5.74) is 16.7. The fraction of sp³-hybridized carbons (Fsp3) is 0.0667. The van der Waals surface area contributed by atoms with E-state index in [1.807, 2.05) is 0 Å². The van der Waals surface area contributed by atoms with Gasteiger partial charge in [0.1, 0.15) is 0 Å². The van der Waals surface area contributed by atoms with Crippen molar-refractivity contribution in [2.45, 2.75) is 19.3 Å². The van der Waals surface area contributed by atoms with Crippen molar-refractivity contribution in [2.24, 2.45) is 0 Å². The standard InChI is InChI=1S/C45H36N2/c1-45(2)42-16-10-9-15-39(42)40-27-21-35(29-43(40)45)41-30-38(46-36-22-17-33(18-23-36)31-11-5-3-6-12-31)26-28-44(41)47-37-24-19-34(20-25-37)32-13-7-4-8-14-32/h3-30,46-47H,1-2H3. The summed E-state index contributed by atoms with van der Waals surface area (Å²) in [4.78, 5) is 0.